The normalized spacial score (nSPS) is 14.0. The SMILES string of the molecule is COc1ccc(/C=C/C(=O)Nc2ccc(C(=O)NC3CCCC3)nc2)cc1OC. The monoisotopic (exact) mass is 395 g/mol. The van der Waals surface area contributed by atoms with E-state index in [1.807, 2.05) is 6.07 Å². The fourth-order valence-electron chi connectivity index (χ4n) is 3.24. The third-order valence-corrected chi connectivity index (χ3v) is 4.79. The van der Waals surface area contributed by atoms with E-state index in [9.17, 15) is 9.59 Å². The van der Waals surface area contributed by atoms with E-state index in [4.69, 9.17) is 9.47 Å². The average molecular weight is 395 g/mol. The smallest absolute Gasteiger partial charge is 0.270 e. The van der Waals surface area contributed by atoms with Gasteiger partial charge in [-0.05, 0) is 48.7 Å². The zero-order chi connectivity index (χ0) is 20.6. The van der Waals surface area contributed by atoms with E-state index in [-0.39, 0.29) is 17.9 Å². The number of methoxy groups -OCH3 is 2. The summed E-state index contributed by atoms with van der Waals surface area (Å²) in [5.74, 6) is 0.732. The van der Waals surface area contributed by atoms with Crippen molar-refractivity contribution in [2.75, 3.05) is 19.5 Å². The maximum atomic E-state index is 12.2. The van der Waals surface area contributed by atoms with Crippen LogP contribution in [0.2, 0.25) is 0 Å². The molecule has 0 unspecified atom stereocenters. The highest BCUT2D eigenvalue weighted by Gasteiger charge is 2.18. The van der Waals surface area contributed by atoms with Gasteiger partial charge in [-0.25, -0.2) is 4.98 Å². The Morgan fingerprint density at radius 2 is 1.83 bits per heavy atom. The molecular weight excluding hydrogens is 370 g/mol. The molecule has 2 N–H and O–H groups in total. The Balaban J connectivity index is 1.56. The number of anilines is 1. The number of nitrogens with one attached hydrogen (secondary N) is 2. The van der Waals surface area contributed by atoms with Crippen LogP contribution in [-0.2, 0) is 4.79 Å². The van der Waals surface area contributed by atoms with Crippen LogP contribution in [0.3, 0.4) is 0 Å². The van der Waals surface area contributed by atoms with E-state index < -0.39 is 0 Å². The van der Waals surface area contributed by atoms with Gasteiger partial charge in [-0.3, -0.25) is 9.59 Å². The van der Waals surface area contributed by atoms with Gasteiger partial charge < -0.3 is 20.1 Å². The number of benzene rings is 1. The number of hydrogen-bond donors (Lipinski definition) is 2. The summed E-state index contributed by atoms with van der Waals surface area (Å²) in [6, 6.07) is 8.89. The molecule has 7 heteroatoms. The van der Waals surface area contributed by atoms with E-state index in [0.29, 0.717) is 22.9 Å². The average Bonchev–Trinajstić information content (AvgIpc) is 3.25. The van der Waals surface area contributed by atoms with Crippen molar-refractivity contribution in [1.82, 2.24) is 10.3 Å². The molecular formula is C22H25N3O4. The van der Waals surface area contributed by atoms with Crippen molar-refractivity contribution in [3.8, 4) is 11.5 Å². The van der Waals surface area contributed by atoms with Crippen molar-refractivity contribution in [2.24, 2.45) is 0 Å². The second-order valence-electron chi connectivity index (χ2n) is 6.82. The van der Waals surface area contributed by atoms with Gasteiger partial charge in [0.15, 0.2) is 11.5 Å². The number of amides is 2. The minimum atomic E-state index is -0.301. The summed E-state index contributed by atoms with van der Waals surface area (Å²) in [6.07, 6.45) is 8.92. The molecule has 0 atom stereocenters. The quantitative estimate of drug-likeness (QED) is 0.701. The number of ether oxygens (including phenoxy) is 2. The van der Waals surface area contributed by atoms with Gasteiger partial charge in [-0.1, -0.05) is 18.9 Å². The zero-order valence-corrected chi connectivity index (χ0v) is 16.6. The maximum absolute atomic E-state index is 12.2. The highest BCUT2D eigenvalue weighted by atomic mass is 16.5. The summed E-state index contributed by atoms with van der Waals surface area (Å²) in [4.78, 5) is 28.5. The molecule has 1 saturated carbocycles. The molecule has 0 aliphatic heterocycles. The van der Waals surface area contributed by atoms with Crippen LogP contribution in [0.5, 0.6) is 11.5 Å². The molecule has 2 amide bonds. The van der Waals surface area contributed by atoms with Gasteiger partial charge in [0.2, 0.25) is 5.91 Å². The van der Waals surface area contributed by atoms with E-state index in [2.05, 4.69) is 15.6 Å². The molecule has 1 aliphatic carbocycles. The van der Waals surface area contributed by atoms with Gasteiger partial charge in [0.25, 0.3) is 5.91 Å². The molecule has 3 rings (SSSR count). The lowest BCUT2D eigenvalue weighted by molar-refractivity contribution is -0.111. The summed E-state index contributed by atoms with van der Waals surface area (Å²) < 4.78 is 10.4. The third kappa shape index (κ3) is 5.57. The fraction of sp³-hybridized carbons (Fsp3) is 0.318. The lowest BCUT2D eigenvalue weighted by atomic mass is 10.2. The Kier molecular flexibility index (Phi) is 6.84. The minimum absolute atomic E-state index is 0.178. The standard InChI is InChI=1S/C22H25N3O4/c1-28-19-11-7-15(13-20(19)29-2)8-12-21(26)24-17-9-10-18(23-14-17)22(27)25-16-5-3-4-6-16/h7-14,16H,3-6H2,1-2H3,(H,24,26)(H,25,27)/b12-8+. The summed E-state index contributed by atoms with van der Waals surface area (Å²) in [5, 5.41) is 5.72. The van der Waals surface area contributed by atoms with Crippen LogP contribution in [0.25, 0.3) is 6.08 Å². The van der Waals surface area contributed by atoms with Crippen molar-refractivity contribution in [1.29, 1.82) is 0 Å². The number of hydrogen-bond acceptors (Lipinski definition) is 5. The Labute approximate surface area is 170 Å². The van der Waals surface area contributed by atoms with Gasteiger partial charge in [0.1, 0.15) is 5.69 Å². The third-order valence-electron chi connectivity index (χ3n) is 4.79. The van der Waals surface area contributed by atoms with Crippen LogP contribution in [0.1, 0.15) is 41.7 Å². The Hall–Kier alpha value is -3.35. The molecule has 1 fully saturated rings. The first-order chi connectivity index (χ1) is 14.1. The topological polar surface area (TPSA) is 89.5 Å². The first-order valence-corrected chi connectivity index (χ1v) is 9.57. The zero-order valence-electron chi connectivity index (χ0n) is 16.6. The minimum Gasteiger partial charge on any atom is -0.493 e. The van der Waals surface area contributed by atoms with E-state index in [0.717, 1.165) is 31.2 Å². The van der Waals surface area contributed by atoms with Gasteiger partial charge in [0.05, 0.1) is 26.1 Å². The van der Waals surface area contributed by atoms with Crippen LogP contribution in [0.15, 0.2) is 42.6 Å². The van der Waals surface area contributed by atoms with Crippen molar-refractivity contribution in [3.05, 3.63) is 53.9 Å². The molecule has 7 nitrogen and oxygen atoms in total. The first kappa shape index (κ1) is 20.4. The molecule has 0 bridgehead atoms. The number of carbonyl (C=O) groups excluding carboxylic acids is 2. The number of carbonyl (C=O) groups is 2. The second-order valence-corrected chi connectivity index (χ2v) is 6.82. The van der Waals surface area contributed by atoms with Gasteiger partial charge >= 0.3 is 0 Å². The van der Waals surface area contributed by atoms with E-state index in [1.165, 1.54) is 12.3 Å². The summed E-state index contributed by atoms with van der Waals surface area (Å²) >= 11 is 0. The summed E-state index contributed by atoms with van der Waals surface area (Å²) in [7, 11) is 3.13. The maximum Gasteiger partial charge on any atom is 0.270 e. The largest absolute Gasteiger partial charge is 0.493 e. The van der Waals surface area contributed by atoms with Crippen LogP contribution in [0.4, 0.5) is 5.69 Å². The van der Waals surface area contributed by atoms with Crippen LogP contribution >= 0.6 is 0 Å². The van der Waals surface area contributed by atoms with E-state index in [1.54, 1.807) is 44.6 Å². The number of rotatable bonds is 7. The van der Waals surface area contributed by atoms with Crippen LogP contribution in [0, 0.1) is 0 Å². The highest BCUT2D eigenvalue weighted by molar-refractivity contribution is 6.02. The molecule has 1 heterocycles. The first-order valence-electron chi connectivity index (χ1n) is 9.57. The highest BCUT2D eigenvalue weighted by Crippen LogP contribution is 2.28. The second kappa shape index (κ2) is 9.73. The molecule has 0 spiro atoms. The lowest BCUT2D eigenvalue weighted by Crippen LogP contribution is -2.33. The van der Waals surface area contributed by atoms with Crippen LogP contribution < -0.4 is 20.1 Å². The van der Waals surface area contributed by atoms with Crippen molar-refractivity contribution in [2.45, 2.75) is 31.7 Å². The van der Waals surface area contributed by atoms with Crippen LogP contribution in [-0.4, -0.2) is 37.1 Å². The van der Waals surface area contributed by atoms with Gasteiger partial charge in [-0.15, -0.1) is 0 Å². The van der Waals surface area contributed by atoms with Crippen molar-refractivity contribution >= 4 is 23.6 Å². The number of aromatic nitrogens is 1. The van der Waals surface area contributed by atoms with Crippen molar-refractivity contribution < 1.29 is 19.1 Å². The Morgan fingerprint density at radius 1 is 1.07 bits per heavy atom. The molecule has 0 radical (unpaired) electrons. The molecule has 152 valence electrons. The number of pyridine rings is 1. The molecule has 1 aromatic heterocycles. The Morgan fingerprint density at radius 3 is 2.48 bits per heavy atom. The molecule has 2 aromatic rings. The van der Waals surface area contributed by atoms with E-state index >= 15 is 0 Å². The van der Waals surface area contributed by atoms with Crippen molar-refractivity contribution in [3.63, 3.8) is 0 Å². The summed E-state index contributed by atoms with van der Waals surface area (Å²) in [5.41, 5.74) is 1.66. The molecule has 1 aliphatic rings. The fourth-order valence-corrected chi connectivity index (χ4v) is 3.24. The summed E-state index contributed by atoms with van der Waals surface area (Å²) in [6.45, 7) is 0. The molecule has 29 heavy (non-hydrogen) atoms. The number of nitrogens with zero attached hydrogens (tertiary/aromatic N) is 1. The predicted octanol–water partition coefficient (Wildman–Crippen LogP) is 3.42. The molecule has 0 saturated heterocycles. The Bertz CT molecular complexity index is 887. The van der Waals surface area contributed by atoms with Gasteiger partial charge in [0, 0.05) is 12.1 Å². The van der Waals surface area contributed by atoms with Gasteiger partial charge in [-0.2, -0.15) is 0 Å². The lowest BCUT2D eigenvalue weighted by Gasteiger charge is -2.11. The molecule has 1 aromatic carbocycles. The predicted molar refractivity (Wildman–Crippen MR) is 111 cm³/mol.